The second kappa shape index (κ2) is 5.43. The maximum absolute atomic E-state index is 5.94. The Morgan fingerprint density at radius 1 is 1.46 bits per heavy atom. The molecule has 1 aromatic carbocycles. The Kier molecular flexibility index (Phi) is 4.50. The highest BCUT2D eigenvalue weighted by atomic mass is 35.5. The Hall–Kier alpha value is -0.310. The minimum Gasteiger partial charge on any atom is -0.399 e. The van der Waals surface area contributed by atoms with Crippen LogP contribution in [0.1, 0.15) is 0 Å². The van der Waals surface area contributed by atoms with Crippen molar-refractivity contribution in [3.63, 3.8) is 0 Å². The highest BCUT2D eigenvalue weighted by Crippen LogP contribution is 2.28. The zero-order valence-electron chi connectivity index (χ0n) is 6.84. The van der Waals surface area contributed by atoms with Gasteiger partial charge in [0, 0.05) is 21.9 Å². The van der Waals surface area contributed by atoms with Gasteiger partial charge in [-0.05, 0) is 18.2 Å². The fraction of sp³-hybridized carbons (Fsp3) is 0.111. The molecule has 0 saturated heterocycles. The van der Waals surface area contributed by atoms with Crippen LogP contribution in [0.5, 0.6) is 0 Å². The number of hydrogen-bond acceptors (Lipinski definition) is 2. The molecule has 0 radical (unpaired) electrons. The second-order valence-electron chi connectivity index (χ2n) is 2.36. The maximum Gasteiger partial charge on any atom is 0.0543 e. The molecule has 0 aliphatic carbocycles. The second-order valence-corrected chi connectivity index (χ2v) is 4.08. The largest absolute Gasteiger partial charge is 0.399 e. The summed E-state index contributed by atoms with van der Waals surface area (Å²) in [7, 11) is 0. The Balaban J connectivity index is 2.69. The first-order valence-corrected chi connectivity index (χ1v) is 5.47. The van der Waals surface area contributed by atoms with Gasteiger partial charge in [0.05, 0.1) is 5.02 Å². The number of benzene rings is 1. The summed E-state index contributed by atoms with van der Waals surface area (Å²) < 4.78 is 0. The van der Waals surface area contributed by atoms with E-state index in [2.05, 4.69) is 0 Å². The van der Waals surface area contributed by atoms with Crippen LogP contribution in [0, 0.1) is 0 Å². The molecule has 0 bridgehead atoms. The molecule has 0 saturated carbocycles. The van der Waals surface area contributed by atoms with Crippen molar-refractivity contribution in [3.8, 4) is 0 Å². The number of hydrogen-bond donors (Lipinski definition) is 1. The predicted octanol–water partition coefficient (Wildman–Crippen LogP) is 3.77. The first-order chi connectivity index (χ1) is 6.24. The summed E-state index contributed by atoms with van der Waals surface area (Å²) in [6.07, 6.45) is 1.85. The molecular formula is C9H9Cl2NS. The van der Waals surface area contributed by atoms with Crippen LogP contribution in [-0.2, 0) is 0 Å². The van der Waals surface area contributed by atoms with Gasteiger partial charge in [-0.1, -0.05) is 29.3 Å². The third kappa shape index (κ3) is 3.51. The summed E-state index contributed by atoms with van der Waals surface area (Å²) in [6.45, 7) is 0. The highest BCUT2D eigenvalue weighted by molar-refractivity contribution is 7.99. The summed E-state index contributed by atoms with van der Waals surface area (Å²) in [5, 5.41) is 0.724. The van der Waals surface area contributed by atoms with Gasteiger partial charge in [0.2, 0.25) is 0 Å². The molecule has 0 heterocycles. The summed E-state index contributed by atoms with van der Waals surface area (Å²) in [6, 6.07) is 5.43. The van der Waals surface area contributed by atoms with Crippen molar-refractivity contribution >= 4 is 40.7 Å². The smallest absolute Gasteiger partial charge is 0.0543 e. The third-order valence-corrected chi connectivity index (χ3v) is 3.01. The van der Waals surface area contributed by atoms with E-state index in [1.807, 2.05) is 12.1 Å². The van der Waals surface area contributed by atoms with Gasteiger partial charge in [0.15, 0.2) is 0 Å². The Morgan fingerprint density at radius 3 is 2.92 bits per heavy atom. The third-order valence-electron chi connectivity index (χ3n) is 1.38. The van der Waals surface area contributed by atoms with Crippen LogP contribution in [-0.4, -0.2) is 5.75 Å². The fourth-order valence-electron chi connectivity index (χ4n) is 0.805. The molecule has 0 fully saturated rings. The van der Waals surface area contributed by atoms with E-state index in [4.69, 9.17) is 28.9 Å². The molecule has 0 spiro atoms. The number of nitrogen functional groups attached to an aromatic ring is 1. The highest BCUT2D eigenvalue weighted by Gasteiger charge is 1.99. The van der Waals surface area contributed by atoms with Crippen LogP contribution in [0.4, 0.5) is 5.69 Å². The van der Waals surface area contributed by atoms with Crippen molar-refractivity contribution < 1.29 is 0 Å². The molecule has 0 aromatic heterocycles. The first kappa shape index (κ1) is 10.8. The Bertz CT molecular complexity index is 312. The molecule has 0 aliphatic heterocycles. The predicted molar refractivity (Wildman–Crippen MR) is 61.6 cm³/mol. The number of halogens is 2. The lowest BCUT2D eigenvalue weighted by molar-refractivity contribution is 1.46. The number of thioether (sulfide) groups is 1. The molecule has 13 heavy (non-hydrogen) atoms. The van der Waals surface area contributed by atoms with E-state index in [1.54, 1.807) is 23.9 Å². The van der Waals surface area contributed by atoms with Gasteiger partial charge >= 0.3 is 0 Å². The molecule has 2 N–H and O–H groups in total. The number of anilines is 1. The van der Waals surface area contributed by atoms with Gasteiger partial charge in [-0.25, -0.2) is 0 Å². The lowest BCUT2D eigenvalue weighted by Gasteiger charge is -2.02. The first-order valence-electron chi connectivity index (χ1n) is 3.67. The summed E-state index contributed by atoms with van der Waals surface area (Å²) in [4.78, 5) is 0.983. The van der Waals surface area contributed by atoms with E-state index in [1.165, 1.54) is 5.54 Å². The van der Waals surface area contributed by atoms with Crippen LogP contribution in [0.3, 0.4) is 0 Å². The van der Waals surface area contributed by atoms with Crippen molar-refractivity contribution in [2.24, 2.45) is 0 Å². The molecule has 0 atom stereocenters. The van der Waals surface area contributed by atoms with Crippen LogP contribution < -0.4 is 5.73 Å². The SMILES string of the molecule is Nc1ccc(Cl)c(SCC=CCl)c1. The van der Waals surface area contributed by atoms with E-state index >= 15 is 0 Å². The Morgan fingerprint density at radius 2 is 2.23 bits per heavy atom. The molecular weight excluding hydrogens is 225 g/mol. The lowest BCUT2D eigenvalue weighted by atomic mass is 10.3. The fourth-order valence-corrected chi connectivity index (χ4v) is 2.08. The average molecular weight is 234 g/mol. The molecule has 0 amide bonds. The van der Waals surface area contributed by atoms with Crippen molar-refractivity contribution in [3.05, 3.63) is 34.8 Å². The summed E-state index contributed by atoms with van der Waals surface area (Å²) >= 11 is 12.9. The van der Waals surface area contributed by atoms with Crippen molar-refractivity contribution in [2.75, 3.05) is 11.5 Å². The quantitative estimate of drug-likeness (QED) is 0.636. The van der Waals surface area contributed by atoms with Gasteiger partial charge in [-0.15, -0.1) is 11.8 Å². The van der Waals surface area contributed by atoms with Crippen LogP contribution in [0.15, 0.2) is 34.7 Å². The monoisotopic (exact) mass is 233 g/mol. The van der Waals surface area contributed by atoms with E-state index in [9.17, 15) is 0 Å². The van der Waals surface area contributed by atoms with Gasteiger partial charge < -0.3 is 5.73 Å². The minimum atomic E-state index is 0.724. The molecule has 1 aromatic rings. The molecule has 1 rings (SSSR count). The topological polar surface area (TPSA) is 26.0 Å². The molecule has 0 unspecified atom stereocenters. The molecule has 1 nitrogen and oxygen atoms in total. The van der Waals surface area contributed by atoms with Crippen LogP contribution in [0.2, 0.25) is 5.02 Å². The van der Waals surface area contributed by atoms with E-state index in [-0.39, 0.29) is 0 Å². The summed E-state index contributed by atoms with van der Waals surface area (Å²) in [5.41, 5.74) is 7.83. The number of rotatable bonds is 3. The minimum absolute atomic E-state index is 0.724. The van der Waals surface area contributed by atoms with E-state index in [0.717, 1.165) is 21.4 Å². The Labute approximate surface area is 91.9 Å². The van der Waals surface area contributed by atoms with Gasteiger partial charge in [-0.2, -0.15) is 0 Å². The molecule has 70 valence electrons. The van der Waals surface area contributed by atoms with Crippen molar-refractivity contribution in [1.29, 1.82) is 0 Å². The summed E-state index contributed by atoms with van der Waals surface area (Å²) in [5.74, 6) is 0.798. The molecule has 4 heteroatoms. The average Bonchev–Trinajstić information content (AvgIpc) is 2.11. The van der Waals surface area contributed by atoms with E-state index in [0.29, 0.717) is 0 Å². The number of nitrogens with two attached hydrogens (primary N) is 1. The van der Waals surface area contributed by atoms with Crippen LogP contribution in [0.25, 0.3) is 0 Å². The van der Waals surface area contributed by atoms with Crippen LogP contribution >= 0.6 is 35.0 Å². The standard InChI is InChI=1S/C9H9Cl2NS/c10-4-1-5-13-9-6-7(12)2-3-8(9)11/h1-4,6H,5,12H2. The lowest BCUT2D eigenvalue weighted by Crippen LogP contribution is -1.85. The van der Waals surface area contributed by atoms with Crippen molar-refractivity contribution in [1.82, 2.24) is 0 Å². The molecule has 0 aliphatic rings. The zero-order chi connectivity index (χ0) is 9.68. The van der Waals surface area contributed by atoms with Gasteiger partial charge in [-0.3, -0.25) is 0 Å². The zero-order valence-corrected chi connectivity index (χ0v) is 9.16. The van der Waals surface area contributed by atoms with Crippen molar-refractivity contribution in [2.45, 2.75) is 4.90 Å². The maximum atomic E-state index is 5.94. The van der Waals surface area contributed by atoms with Gasteiger partial charge in [0.1, 0.15) is 0 Å². The van der Waals surface area contributed by atoms with Gasteiger partial charge in [0.25, 0.3) is 0 Å². The van der Waals surface area contributed by atoms with E-state index < -0.39 is 0 Å². The normalized spacial score (nSPS) is 10.9.